The number of carbonyl (C=O) groups is 3. The minimum atomic E-state index is -4.65. The first-order valence-corrected chi connectivity index (χ1v) is 14.6. The van der Waals surface area contributed by atoms with Crippen LogP contribution in [0.25, 0.3) is 16.6 Å². The summed E-state index contributed by atoms with van der Waals surface area (Å²) in [6, 6.07) is 4.10. The van der Waals surface area contributed by atoms with Gasteiger partial charge in [-0.2, -0.15) is 13.2 Å². The molecule has 2 aromatic heterocycles. The number of halogens is 4. The average molecular weight is 602 g/mol. The molecule has 230 valence electrons. The molecule has 2 aliphatic heterocycles. The highest BCUT2D eigenvalue weighted by Crippen LogP contribution is 2.35. The highest BCUT2D eigenvalue weighted by Gasteiger charge is 2.37. The molecule has 0 aliphatic carbocycles. The maximum Gasteiger partial charge on any atom is 0.406 e. The molecule has 0 bridgehead atoms. The van der Waals surface area contributed by atoms with E-state index >= 15 is 0 Å². The van der Waals surface area contributed by atoms with E-state index in [0.717, 1.165) is 31.5 Å². The van der Waals surface area contributed by atoms with Gasteiger partial charge in [-0.3, -0.25) is 19.4 Å². The number of ketones is 1. The van der Waals surface area contributed by atoms with E-state index in [9.17, 15) is 31.9 Å². The topological polar surface area (TPSA) is 87.5 Å². The molecule has 1 N–H and O–H groups in total. The third-order valence-corrected chi connectivity index (χ3v) is 8.45. The van der Waals surface area contributed by atoms with Crippen LogP contribution >= 0.6 is 0 Å². The minimum absolute atomic E-state index is 0.0664. The van der Waals surface area contributed by atoms with Crippen molar-refractivity contribution in [2.24, 2.45) is 5.92 Å². The maximum atomic E-state index is 14.5. The van der Waals surface area contributed by atoms with Crippen molar-refractivity contribution in [1.29, 1.82) is 0 Å². The van der Waals surface area contributed by atoms with Gasteiger partial charge in [0.05, 0.1) is 29.0 Å². The van der Waals surface area contributed by atoms with E-state index in [1.807, 2.05) is 4.90 Å². The lowest BCUT2D eigenvalue weighted by Gasteiger charge is -2.33. The number of aromatic nitrogens is 2. The molecule has 43 heavy (non-hydrogen) atoms. The Hall–Kier alpha value is -3.80. The normalized spacial score (nSPS) is 18.0. The van der Waals surface area contributed by atoms with Crippen molar-refractivity contribution in [2.75, 3.05) is 26.2 Å². The number of carbonyl (C=O) groups excluding carboxylic acids is 3. The number of piperidine rings is 1. The van der Waals surface area contributed by atoms with Crippen molar-refractivity contribution in [2.45, 2.75) is 64.7 Å². The van der Waals surface area contributed by atoms with Crippen LogP contribution < -0.4 is 5.32 Å². The number of hydrogen-bond acceptors (Lipinski definition) is 5. The van der Waals surface area contributed by atoms with Crippen molar-refractivity contribution < 1.29 is 31.9 Å². The molecular weight excluding hydrogens is 566 g/mol. The van der Waals surface area contributed by atoms with E-state index < -0.39 is 30.5 Å². The van der Waals surface area contributed by atoms with E-state index in [-0.39, 0.29) is 34.9 Å². The molecule has 2 saturated heterocycles. The Morgan fingerprint density at radius 1 is 1.12 bits per heavy atom. The standard InChI is InChI=1S/C31H35F4N5O3/c1-18(2)39(17-31(33,34)35)29(42)23-15-21(32)6-7-25(23)40-19(3)27(22-8-12-36-16-26(22)40)28(41)20-9-13-38(14-10-20)30(43)24-5-4-11-37-24/h6-8,12,15-16,18,20,24,37H,4-5,9-11,13-14,17H2,1-3H3. The summed E-state index contributed by atoms with van der Waals surface area (Å²) in [7, 11) is 0. The number of fused-ring (bicyclic) bond motifs is 1. The lowest BCUT2D eigenvalue weighted by atomic mass is 9.87. The first kappa shape index (κ1) is 30.7. The number of hydrogen-bond donors (Lipinski definition) is 1. The molecule has 0 spiro atoms. The first-order valence-electron chi connectivity index (χ1n) is 14.6. The fourth-order valence-electron chi connectivity index (χ4n) is 6.28. The van der Waals surface area contributed by atoms with E-state index in [2.05, 4.69) is 10.3 Å². The van der Waals surface area contributed by atoms with Crippen LogP contribution in [0.2, 0.25) is 0 Å². The van der Waals surface area contributed by atoms with Gasteiger partial charge in [0.15, 0.2) is 5.78 Å². The van der Waals surface area contributed by atoms with Gasteiger partial charge in [-0.1, -0.05) is 0 Å². The van der Waals surface area contributed by atoms with E-state index in [1.165, 1.54) is 26.1 Å². The van der Waals surface area contributed by atoms with E-state index in [1.54, 1.807) is 23.8 Å². The molecule has 0 radical (unpaired) electrons. The first-order chi connectivity index (χ1) is 20.4. The van der Waals surface area contributed by atoms with Gasteiger partial charge < -0.3 is 19.7 Å². The molecule has 1 unspecified atom stereocenters. The molecule has 1 aromatic carbocycles. The second kappa shape index (κ2) is 12.1. The Morgan fingerprint density at radius 2 is 1.84 bits per heavy atom. The van der Waals surface area contributed by atoms with Crippen LogP contribution in [0.5, 0.6) is 0 Å². The van der Waals surface area contributed by atoms with Crippen LogP contribution in [0, 0.1) is 18.7 Å². The van der Waals surface area contributed by atoms with Crippen LogP contribution in [0.4, 0.5) is 17.6 Å². The molecule has 2 amide bonds. The number of amides is 2. The number of alkyl halides is 3. The summed E-state index contributed by atoms with van der Waals surface area (Å²) in [5.74, 6) is -2.15. The van der Waals surface area contributed by atoms with Gasteiger partial charge in [0.2, 0.25) is 5.91 Å². The fraction of sp³-hybridized carbons (Fsp3) is 0.484. The Kier molecular flexibility index (Phi) is 8.60. The third-order valence-electron chi connectivity index (χ3n) is 8.45. The monoisotopic (exact) mass is 601 g/mol. The summed E-state index contributed by atoms with van der Waals surface area (Å²) >= 11 is 0. The van der Waals surface area contributed by atoms with Gasteiger partial charge in [-0.15, -0.1) is 0 Å². The highest BCUT2D eigenvalue weighted by molar-refractivity contribution is 6.11. The smallest absolute Gasteiger partial charge is 0.341 e. The van der Waals surface area contributed by atoms with Gasteiger partial charge in [-0.05, 0) is 77.3 Å². The van der Waals surface area contributed by atoms with Crippen molar-refractivity contribution in [3.8, 4) is 5.69 Å². The van der Waals surface area contributed by atoms with Crippen molar-refractivity contribution >= 4 is 28.5 Å². The maximum absolute atomic E-state index is 14.5. The summed E-state index contributed by atoms with van der Waals surface area (Å²) in [5, 5.41) is 3.80. The Bertz CT molecular complexity index is 1540. The van der Waals surface area contributed by atoms with Crippen molar-refractivity contribution in [3.05, 3.63) is 59.3 Å². The molecular formula is C31H35F4N5O3. The minimum Gasteiger partial charge on any atom is -0.341 e. The lowest BCUT2D eigenvalue weighted by molar-refractivity contribution is -0.143. The second-order valence-electron chi connectivity index (χ2n) is 11.6. The number of nitrogens with zero attached hydrogens (tertiary/aromatic N) is 4. The fourth-order valence-corrected chi connectivity index (χ4v) is 6.28. The Labute approximate surface area is 247 Å². The number of rotatable bonds is 7. The van der Waals surface area contributed by atoms with E-state index in [0.29, 0.717) is 53.0 Å². The molecule has 5 rings (SSSR count). The van der Waals surface area contributed by atoms with Gasteiger partial charge in [0, 0.05) is 47.9 Å². The second-order valence-corrected chi connectivity index (χ2v) is 11.6. The highest BCUT2D eigenvalue weighted by atomic mass is 19.4. The largest absolute Gasteiger partial charge is 0.406 e. The summed E-state index contributed by atoms with van der Waals surface area (Å²) in [4.78, 5) is 47.1. The number of likely N-dealkylation sites (tertiary alicyclic amines) is 1. The van der Waals surface area contributed by atoms with Crippen LogP contribution in [0.1, 0.15) is 65.9 Å². The summed E-state index contributed by atoms with van der Waals surface area (Å²) in [6.45, 7) is 4.88. The quantitative estimate of drug-likeness (QED) is 0.302. The summed E-state index contributed by atoms with van der Waals surface area (Å²) in [6.07, 6.45) is 1.17. The lowest BCUT2D eigenvalue weighted by Crippen LogP contribution is -2.47. The molecule has 12 heteroatoms. The van der Waals surface area contributed by atoms with Crippen LogP contribution in [0.15, 0.2) is 36.7 Å². The molecule has 8 nitrogen and oxygen atoms in total. The average Bonchev–Trinajstić information content (AvgIpc) is 3.61. The predicted octanol–water partition coefficient (Wildman–Crippen LogP) is 5.06. The molecule has 3 aromatic rings. The number of pyridine rings is 1. The van der Waals surface area contributed by atoms with Crippen molar-refractivity contribution in [3.63, 3.8) is 0 Å². The molecule has 4 heterocycles. The molecule has 0 saturated carbocycles. The van der Waals surface area contributed by atoms with Crippen LogP contribution in [0.3, 0.4) is 0 Å². The number of Topliss-reactive ketones (excluding diaryl/α,β-unsaturated/α-hetero) is 1. The molecule has 2 aliphatic rings. The molecule has 1 atom stereocenters. The zero-order valence-electron chi connectivity index (χ0n) is 24.4. The van der Waals surface area contributed by atoms with Crippen LogP contribution in [-0.4, -0.2) is 81.4 Å². The Balaban J connectivity index is 1.51. The number of nitrogens with one attached hydrogen (secondary N) is 1. The third kappa shape index (κ3) is 6.15. The van der Waals surface area contributed by atoms with E-state index in [4.69, 9.17) is 0 Å². The van der Waals surface area contributed by atoms with Gasteiger partial charge in [-0.25, -0.2) is 4.39 Å². The zero-order valence-corrected chi connectivity index (χ0v) is 24.4. The van der Waals surface area contributed by atoms with Gasteiger partial charge >= 0.3 is 6.18 Å². The van der Waals surface area contributed by atoms with Gasteiger partial charge in [0.1, 0.15) is 12.4 Å². The Morgan fingerprint density at radius 3 is 2.47 bits per heavy atom. The zero-order chi connectivity index (χ0) is 31.1. The number of benzene rings is 1. The summed E-state index contributed by atoms with van der Waals surface area (Å²) < 4.78 is 56.3. The van der Waals surface area contributed by atoms with Crippen LogP contribution in [-0.2, 0) is 4.79 Å². The molecule has 2 fully saturated rings. The summed E-state index contributed by atoms with van der Waals surface area (Å²) in [5.41, 5.74) is 1.25. The van der Waals surface area contributed by atoms with Gasteiger partial charge in [0.25, 0.3) is 5.91 Å². The predicted molar refractivity (Wildman–Crippen MR) is 153 cm³/mol. The SMILES string of the molecule is Cc1c(C(=O)C2CCN(C(=O)C3CCCN3)CC2)c2ccncc2n1-c1ccc(F)cc1C(=O)N(CC(F)(F)F)C(C)C. The van der Waals surface area contributed by atoms with Crippen molar-refractivity contribution in [1.82, 2.24) is 24.7 Å².